The van der Waals surface area contributed by atoms with Crippen LogP contribution in [0.2, 0.25) is 0 Å². The molecule has 3 rings (SSSR count). The lowest BCUT2D eigenvalue weighted by molar-refractivity contribution is -0.118. The topological polar surface area (TPSA) is 80.3 Å². The molecule has 0 aliphatic carbocycles. The molecule has 1 aromatic heterocycles. The summed E-state index contributed by atoms with van der Waals surface area (Å²) >= 11 is 1.21. The van der Waals surface area contributed by atoms with E-state index in [2.05, 4.69) is 36.4 Å². The SMILES string of the molecule is CC(=O)Nc1sc(NC(=O)COc2ccc(C(C)(C)C)cc2)nc1-c1ccc(C)cc1. The van der Waals surface area contributed by atoms with Gasteiger partial charge in [-0.15, -0.1) is 0 Å². The van der Waals surface area contributed by atoms with E-state index in [1.807, 2.05) is 55.5 Å². The van der Waals surface area contributed by atoms with Crippen LogP contribution in [0, 0.1) is 6.92 Å². The van der Waals surface area contributed by atoms with Crippen molar-refractivity contribution in [3.63, 3.8) is 0 Å². The lowest BCUT2D eigenvalue weighted by Gasteiger charge is -2.19. The average molecular weight is 438 g/mol. The van der Waals surface area contributed by atoms with Gasteiger partial charge in [0.2, 0.25) is 5.91 Å². The van der Waals surface area contributed by atoms with Gasteiger partial charge in [-0.05, 0) is 30.0 Å². The van der Waals surface area contributed by atoms with Crippen molar-refractivity contribution in [2.45, 2.75) is 40.0 Å². The molecule has 0 saturated carbocycles. The van der Waals surface area contributed by atoms with Crippen molar-refractivity contribution in [1.29, 1.82) is 0 Å². The number of thiazole rings is 1. The molecule has 7 heteroatoms. The molecule has 2 aromatic carbocycles. The molecular formula is C24H27N3O3S. The number of nitrogens with zero attached hydrogens (tertiary/aromatic N) is 1. The molecule has 2 N–H and O–H groups in total. The smallest absolute Gasteiger partial charge is 0.264 e. The molecule has 162 valence electrons. The van der Waals surface area contributed by atoms with Crippen molar-refractivity contribution < 1.29 is 14.3 Å². The van der Waals surface area contributed by atoms with E-state index in [1.54, 1.807) is 0 Å². The minimum atomic E-state index is -0.321. The van der Waals surface area contributed by atoms with Crippen molar-refractivity contribution >= 4 is 33.3 Å². The van der Waals surface area contributed by atoms with Crippen LogP contribution in [0.1, 0.15) is 38.8 Å². The molecule has 0 aliphatic heterocycles. The first kappa shape index (κ1) is 22.5. The number of nitrogens with one attached hydrogen (secondary N) is 2. The number of anilines is 2. The number of benzene rings is 2. The summed E-state index contributed by atoms with van der Waals surface area (Å²) in [6.07, 6.45) is 0. The minimum absolute atomic E-state index is 0.0571. The third kappa shape index (κ3) is 6.15. The normalized spacial score (nSPS) is 11.1. The lowest BCUT2D eigenvalue weighted by Crippen LogP contribution is -2.20. The first-order valence-electron chi connectivity index (χ1n) is 10.0. The number of ether oxygens (including phenoxy) is 1. The van der Waals surface area contributed by atoms with Crippen molar-refractivity contribution in [3.8, 4) is 17.0 Å². The van der Waals surface area contributed by atoms with Crippen LogP contribution in [-0.2, 0) is 15.0 Å². The van der Waals surface area contributed by atoms with E-state index in [1.165, 1.54) is 23.8 Å². The fourth-order valence-electron chi connectivity index (χ4n) is 2.88. The first-order chi connectivity index (χ1) is 14.6. The standard InChI is InChI=1S/C24H27N3O3S/c1-15-6-8-17(9-7-15)21-22(25-16(2)28)31-23(27-21)26-20(29)14-30-19-12-10-18(11-13-19)24(3,4)5/h6-13H,14H2,1-5H3,(H,25,28)(H,26,27,29). The Hall–Kier alpha value is -3.19. The highest BCUT2D eigenvalue weighted by molar-refractivity contribution is 7.20. The van der Waals surface area contributed by atoms with Gasteiger partial charge in [0.05, 0.1) is 0 Å². The average Bonchev–Trinajstić information content (AvgIpc) is 3.08. The maximum absolute atomic E-state index is 12.4. The fraction of sp³-hybridized carbons (Fsp3) is 0.292. The molecule has 2 amide bonds. The van der Waals surface area contributed by atoms with Gasteiger partial charge >= 0.3 is 0 Å². The van der Waals surface area contributed by atoms with E-state index in [9.17, 15) is 9.59 Å². The summed E-state index contributed by atoms with van der Waals surface area (Å²) in [5.41, 5.74) is 3.86. The zero-order valence-corrected chi connectivity index (χ0v) is 19.2. The summed E-state index contributed by atoms with van der Waals surface area (Å²) in [5, 5.41) is 6.53. The second-order valence-corrected chi connectivity index (χ2v) is 9.35. The van der Waals surface area contributed by atoms with Crippen LogP contribution in [0.15, 0.2) is 48.5 Å². The van der Waals surface area contributed by atoms with Crippen LogP contribution in [0.25, 0.3) is 11.3 Å². The van der Waals surface area contributed by atoms with Gasteiger partial charge in [0.1, 0.15) is 16.4 Å². The van der Waals surface area contributed by atoms with Crippen LogP contribution in [0.4, 0.5) is 10.1 Å². The number of aryl methyl sites for hydroxylation is 1. The highest BCUT2D eigenvalue weighted by atomic mass is 32.1. The second kappa shape index (κ2) is 9.31. The predicted molar refractivity (Wildman–Crippen MR) is 126 cm³/mol. The Morgan fingerprint density at radius 3 is 2.23 bits per heavy atom. The van der Waals surface area contributed by atoms with Gasteiger partial charge < -0.3 is 10.1 Å². The summed E-state index contributed by atoms with van der Waals surface area (Å²) in [6.45, 7) is 9.74. The van der Waals surface area contributed by atoms with Gasteiger partial charge in [-0.1, -0.05) is 74.1 Å². The lowest BCUT2D eigenvalue weighted by atomic mass is 9.87. The van der Waals surface area contributed by atoms with E-state index in [-0.39, 0.29) is 23.8 Å². The zero-order valence-electron chi connectivity index (χ0n) is 18.4. The van der Waals surface area contributed by atoms with Crippen LogP contribution in [0.5, 0.6) is 5.75 Å². The Morgan fingerprint density at radius 2 is 1.65 bits per heavy atom. The third-order valence-electron chi connectivity index (χ3n) is 4.58. The van der Waals surface area contributed by atoms with Gasteiger partial charge in [0, 0.05) is 12.5 Å². The van der Waals surface area contributed by atoms with E-state index in [4.69, 9.17) is 4.74 Å². The molecule has 0 unspecified atom stereocenters. The monoisotopic (exact) mass is 437 g/mol. The quantitative estimate of drug-likeness (QED) is 0.542. The van der Waals surface area contributed by atoms with E-state index >= 15 is 0 Å². The number of aromatic nitrogens is 1. The largest absolute Gasteiger partial charge is 0.484 e. The van der Waals surface area contributed by atoms with Gasteiger partial charge in [-0.2, -0.15) is 0 Å². The Labute approximate surface area is 186 Å². The fourth-order valence-corrected chi connectivity index (χ4v) is 3.83. The van der Waals surface area contributed by atoms with E-state index in [0.717, 1.165) is 11.1 Å². The Balaban J connectivity index is 1.68. The minimum Gasteiger partial charge on any atom is -0.484 e. The zero-order chi connectivity index (χ0) is 22.6. The highest BCUT2D eigenvalue weighted by Crippen LogP contribution is 2.36. The number of amides is 2. The summed E-state index contributed by atoms with van der Waals surface area (Å²) in [5.74, 6) is 0.108. The molecule has 1 heterocycles. The van der Waals surface area contributed by atoms with E-state index < -0.39 is 0 Å². The number of hydrogen-bond donors (Lipinski definition) is 2. The summed E-state index contributed by atoms with van der Waals surface area (Å²) in [6, 6.07) is 15.6. The maximum atomic E-state index is 12.4. The van der Waals surface area contributed by atoms with Crippen LogP contribution >= 0.6 is 11.3 Å². The second-order valence-electron chi connectivity index (χ2n) is 8.36. The molecular weight excluding hydrogens is 410 g/mol. The van der Waals surface area contributed by atoms with Crippen LogP contribution < -0.4 is 15.4 Å². The van der Waals surface area contributed by atoms with Gasteiger partial charge in [0.25, 0.3) is 5.91 Å². The van der Waals surface area contributed by atoms with Crippen molar-refractivity contribution in [1.82, 2.24) is 4.98 Å². The molecule has 0 radical (unpaired) electrons. The van der Waals surface area contributed by atoms with E-state index in [0.29, 0.717) is 21.6 Å². The summed E-state index contributed by atoms with van der Waals surface area (Å²) < 4.78 is 5.60. The summed E-state index contributed by atoms with van der Waals surface area (Å²) in [7, 11) is 0. The van der Waals surface area contributed by atoms with Crippen LogP contribution in [0.3, 0.4) is 0 Å². The number of hydrogen-bond acceptors (Lipinski definition) is 5. The first-order valence-corrected chi connectivity index (χ1v) is 10.8. The Bertz CT molecular complexity index is 1060. The molecule has 0 bridgehead atoms. The Kier molecular flexibility index (Phi) is 6.75. The number of rotatable bonds is 6. The number of carbonyl (C=O) groups excluding carboxylic acids is 2. The van der Waals surface area contributed by atoms with Crippen molar-refractivity contribution in [3.05, 3.63) is 59.7 Å². The van der Waals surface area contributed by atoms with Crippen LogP contribution in [-0.4, -0.2) is 23.4 Å². The van der Waals surface area contributed by atoms with Crippen molar-refractivity contribution in [2.24, 2.45) is 0 Å². The van der Waals surface area contributed by atoms with Gasteiger partial charge in [-0.3, -0.25) is 14.9 Å². The third-order valence-corrected chi connectivity index (χ3v) is 5.46. The predicted octanol–water partition coefficient (Wildman–Crippen LogP) is 5.39. The Morgan fingerprint density at radius 1 is 1.00 bits per heavy atom. The van der Waals surface area contributed by atoms with Crippen molar-refractivity contribution in [2.75, 3.05) is 17.2 Å². The highest BCUT2D eigenvalue weighted by Gasteiger charge is 2.17. The molecule has 31 heavy (non-hydrogen) atoms. The molecule has 0 aliphatic rings. The molecule has 0 atom stereocenters. The maximum Gasteiger partial charge on any atom is 0.264 e. The molecule has 6 nitrogen and oxygen atoms in total. The molecule has 3 aromatic rings. The molecule has 0 fully saturated rings. The van der Waals surface area contributed by atoms with Gasteiger partial charge in [-0.25, -0.2) is 4.98 Å². The summed E-state index contributed by atoms with van der Waals surface area (Å²) in [4.78, 5) is 28.5. The molecule has 0 spiro atoms. The van der Waals surface area contributed by atoms with Gasteiger partial charge in [0.15, 0.2) is 11.7 Å². The number of carbonyl (C=O) groups is 2. The molecule has 0 saturated heterocycles.